The second kappa shape index (κ2) is 6.32. The summed E-state index contributed by atoms with van der Waals surface area (Å²) in [4.78, 5) is 43.4. The number of hydrogen-bond acceptors (Lipinski definition) is 4. The van der Waals surface area contributed by atoms with Crippen LogP contribution in [0.1, 0.15) is 22.7 Å². The van der Waals surface area contributed by atoms with Crippen LogP contribution in [0, 0.1) is 0 Å². The van der Waals surface area contributed by atoms with Crippen LogP contribution in [0.25, 0.3) is 0 Å². The van der Waals surface area contributed by atoms with Crippen LogP contribution >= 0.6 is 0 Å². The van der Waals surface area contributed by atoms with Crippen LogP contribution in [-0.2, 0) is 6.54 Å². The van der Waals surface area contributed by atoms with Gasteiger partial charge in [0.15, 0.2) is 0 Å². The van der Waals surface area contributed by atoms with E-state index in [0.29, 0.717) is 5.56 Å². The second-order valence-electron chi connectivity index (χ2n) is 5.91. The first-order valence-corrected chi connectivity index (χ1v) is 8.02. The van der Waals surface area contributed by atoms with E-state index in [2.05, 4.69) is 20.6 Å². The summed E-state index contributed by atoms with van der Waals surface area (Å²) in [6.45, 7) is 0.221. The van der Waals surface area contributed by atoms with E-state index in [1.807, 2.05) is 30.3 Å². The Hall–Kier alpha value is -3.68. The van der Waals surface area contributed by atoms with Crippen LogP contribution in [0.3, 0.4) is 0 Å². The highest BCUT2D eigenvalue weighted by atomic mass is 16.2. The molecule has 8 nitrogen and oxygen atoms in total. The molecular formula is C18H15N5O3. The van der Waals surface area contributed by atoms with Crippen molar-refractivity contribution in [2.45, 2.75) is 12.6 Å². The highest BCUT2D eigenvalue weighted by Crippen LogP contribution is 2.28. The van der Waals surface area contributed by atoms with Crippen LogP contribution in [0.15, 0.2) is 64.4 Å². The number of carbonyl (C=O) groups is 1. The fourth-order valence-electron chi connectivity index (χ4n) is 3.05. The molecule has 1 aliphatic rings. The maximum atomic E-state index is 12.5. The molecule has 0 aliphatic carbocycles. The molecule has 1 aliphatic heterocycles. The second-order valence-corrected chi connectivity index (χ2v) is 5.91. The summed E-state index contributed by atoms with van der Waals surface area (Å²) < 4.78 is 1.36. The lowest BCUT2D eigenvalue weighted by molar-refractivity contribution is 0.248. The maximum Gasteiger partial charge on any atom is 0.330 e. The predicted molar refractivity (Wildman–Crippen MR) is 95.1 cm³/mol. The molecule has 26 heavy (non-hydrogen) atoms. The molecule has 2 aromatic heterocycles. The molecule has 0 fully saturated rings. The number of H-pyrrole nitrogens is 1. The molecule has 1 aromatic carbocycles. The van der Waals surface area contributed by atoms with E-state index in [9.17, 15) is 14.4 Å². The number of aromatic nitrogens is 3. The summed E-state index contributed by atoms with van der Waals surface area (Å²) in [5.41, 5.74) is 0.669. The van der Waals surface area contributed by atoms with Gasteiger partial charge in [0.2, 0.25) is 0 Å². The standard InChI is InChI=1S/C18H15N5O3/c24-16-13-14(12-7-4-8-19-9-12)20-17(25)21-15(13)23(18(26)22-16)10-11-5-2-1-3-6-11/h1-9,14H,10H2,(H2,20,21,25)(H,22,24,26). The molecule has 0 bridgehead atoms. The Balaban J connectivity index is 1.90. The van der Waals surface area contributed by atoms with E-state index in [1.54, 1.807) is 24.5 Å². The number of fused-ring (bicyclic) bond motifs is 1. The quantitative estimate of drug-likeness (QED) is 0.660. The van der Waals surface area contributed by atoms with E-state index >= 15 is 0 Å². The van der Waals surface area contributed by atoms with Gasteiger partial charge in [0, 0.05) is 12.4 Å². The van der Waals surface area contributed by atoms with E-state index in [0.717, 1.165) is 5.56 Å². The van der Waals surface area contributed by atoms with Gasteiger partial charge < -0.3 is 5.32 Å². The van der Waals surface area contributed by atoms with E-state index < -0.39 is 23.3 Å². The average molecular weight is 349 g/mol. The van der Waals surface area contributed by atoms with Crippen LogP contribution in [-0.4, -0.2) is 20.6 Å². The number of anilines is 1. The lowest BCUT2D eigenvalue weighted by Crippen LogP contribution is -2.46. The third-order valence-electron chi connectivity index (χ3n) is 4.23. The summed E-state index contributed by atoms with van der Waals surface area (Å²) in [5.74, 6) is 0.195. The van der Waals surface area contributed by atoms with Crippen molar-refractivity contribution in [3.05, 3.63) is 92.4 Å². The van der Waals surface area contributed by atoms with Crippen LogP contribution < -0.4 is 21.9 Å². The van der Waals surface area contributed by atoms with Gasteiger partial charge in [-0.05, 0) is 17.2 Å². The molecule has 0 radical (unpaired) electrons. The topological polar surface area (TPSA) is 109 Å². The monoisotopic (exact) mass is 349 g/mol. The van der Waals surface area contributed by atoms with Crippen molar-refractivity contribution in [3.63, 3.8) is 0 Å². The Labute approximate surface area is 147 Å². The van der Waals surface area contributed by atoms with Gasteiger partial charge in [-0.3, -0.25) is 24.6 Å². The lowest BCUT2D eigenvalue weighted by atomic mass is 10.00. The number of amides is 2. The van der Waals surface area contributed by atoms with E-state index in [-0.39, 0.29) is 17.9 Å². The van der Waals surface area contributed by atoms with Crippen LogP contribution in [0.2, 0.25) is 0 Å². The Morgan fingerprint density at radius 3 is 2.58 bits per heavy atom. The van der Waals surface area contributed by atoms with Gasteiger partial charge in [-0.2, -0.15) is 0 Å². The molecular weight excluding hydrogens is 334 g/mol. The molecule has 130 valence electrons. The largest absolute Gasteiger partial charge is 0.330 e. The summed E-state index contributed by atoms with van der Waals surface area (Å²) in [6.07, 6.45) is 3.18. The van der Waals surface area contributed by atoms with Crippen molar-refractivity contribution in [2.24, 2.45) is 0 Å². The highest BCUT2D eigenvalue weighted by Gasteiger charge is 2.31. The minimum Gasteiger partial charge on any atom is -0.326 e. The molecule has 2 amide bonds. The average Bonchev–Trinajstić information content (AvgIpc) is 2.66. The Kier molecular flexibility index (Phi) is 3.85. The molecule has 3 aromatic rings. The van der Waals surface area contributed by atoms with E-state index in [1.165, 1.54) is 4.57 Å². The van der Waals surface area contributed by atoms with Gasteiger partial charge in [-0.25, -0.2) is 9.59 Å². The molecule has 4 rings (SSSR count). The summed E-state index contributed by atoms with van der Waals surface area (Å²) in [7, 11) is 0. The lowest BCUT2D eigenvalue weighted by Gasteiger charge is -2.28. The minimum atomic E-state index is -0.696. The molecule has 3 heterocycles. The number of hydrogen-bond donors (Lipinski definition) is 3. The maximum absolute atomic E-state index is 12.5. The SMILES string of the molecule is O=C1Nc2c(c(=O)[nH]c(=O)n2Cc2ccccc2)C(c2cccnc2)N1. The zero-order valence-electron chi connectivity index (χ0n) is 13.6. The molecule has 8 heteroatoms. The van der Waals surface area contributed by atoms with Gasteiger partial charge in [-0.15, -0.1) is 0 Å². The zero-order valence-corrected chi connectivity index (χ0v) is 13.6. The van der Waals surface area contributed by atoms with Crippen molar-refractivity contribution in [2.75, 3.05) is 5.32 Å². The molecule has 0 saturated heterocycles. The molecule has 3 N–H and O–H groups in total. The van der Waals surface area contributed by atoms with Crippen molar-refractivity contribution in [1.29, 1.82) is 0 Å². The van der Waals surface area contributed by atoms with Gasteiger partial charge in [0.25, 0.3) is 5.56 Å². The molecule has 1 unspecified atom stereocenters. The van der Waals surface area contributed by atoms with Crippen molar-refractivity contribution >= 4 is 11.8 Å². The zero-order chi connectivity index (χ0) is 18.1. The summed E-state index contributed by atoms with van der Waals surface area (Å²) in [6, 6.07) is 11.6. The molecule has 1 atom stereocenters. The summed E-state index contributed by atoms with van der Waals surface area (Å²) >= 11 is 0. The van der Waals surface area contributed by atoms with Crippen molar-refractivity contribution in [3.8, 4) is 0 Å². The first kappa shape index (κ1) is 15.8. The minimum absolute atomic E-state index is 0.195. The third-order valence-corrected chi connectivity index (χ3v) is 4.23. The van der Waals surface area contributed by atoms with Crippen LogP contribution in [0.5, 0.6) is 0 Å². The van der Waals surface area contributed by atoms with Crippen LogP contribution in [0.4, 0.5) is 10.6 Å². The molecule has 0 saturated carbocycles. The Morgan fingerprint density at radius 1 is 1.04 bits per heavy atom. The molecule has 0 spiro atoms. The number of nitrogens with one attached hydrogen (secondary N) is 3. The Morgan fingerprint density at radius 2 is 1.85 bits per heavy atom. The van der Waals surface area contributed by atoms with Gasteiger partial charge in [0.05, 0.1) is 18.2 Å². The number of benzene rings is 1. The fraction of sp³-hybridized carbons (Fsp3) is 0.111. The van der Waals surface area contributed by atoms with E-state index in [4.69, 9.17) is 0 Å². The Bertz CT molecular complexity index is 1070. The first-order chi connectivity index (χ1) is 12.6. The normalized spacial score (nSPS) is 15.7. The van der Waals surface area contributed by atoms with Crippen molar-refractivity contribution < 1.29 is 4.79 Å². The smallest absolute Gasteiger partial charge is 0.326 e. The third kappa shape index (κ3) is 2.77. The number of nitrogens with zero attached hydrogens (tertiary/aromatic N) is 2. The number of pyridine rings is 1. The predicted octanol–water partition coefficient (Wildman–Crippen LogP) is 1.20. The number of carbonyl (C=O) groups excluding carboxylic acids is 1. The highest BCUT2D eigenvalue weighted by molar-refractivity contribution is 5.92. The van der Waals surface area contributed by atoms with Gasteiger partial charge in [0.1, 0.15) is 5.82 Å². The number of urea groups is 1. The number of rotatable bonds is 3. The summed E-state index contributed by atoms with van der Waals surface area (Å²) in [5, 5.41) is 5.32. The number of aromatic amines is 1. The fourth-order valence-corrected chi connectivity index (χ4v) is 3.05. The van der Waals surface area contributed by atoms with Gasteiger partial charge in [-0.1, -0.05) is 36.4 Å². The van der Waals surface area contributed by atoms with Gasteiger partial charge >= 0.3 is 11.7 Å². The first-order valence-electron chi connectivity index (χ1n) is 8.02. The van der Waals surface area contributed by atoms with Crippen molar-refractivity contribution in [1.82, 2.24) is 19.9 Å².